The van der Waals surface area contributed by atoms with E-state index in [-0.39, 0.29) is 17.3 Å². The van der Waals surface area contributed by atoms with E-state index in [4.69, 9.17) is 0 Å². The van der Waals surface area contributed by atoms with Crippen LogP contribution in [0.4, 0.5) is 0 Å². The summed E-state index contributed by atoms with van der Waals surface area (Å²) >= 11 is 0. The Morgan fingerprint density at radius 3 is 2.65 bits per heavy atom. The highest BCUT2D eigenvalue weighted by atomic mass is 16.1. The Kier molecular flexibility index (Phi) is 3.12. The minimum Gasteiger partial charge on any atom is -0.298 e. The topological polar surface area (TPSA) is 66.8 Å². The van der Waals surface area contributed by atoms with Crippen LogP contribution in [0.25, 0.3) is 11.2 Å². The maximum Gasteiger partial charge on any atom is 0.327 e. The van der Waals surface area contributed by atoms with Gasteiger partial charge in [-0.25, -0.2) is 4.79 Å². The molecule has 20 heavy (non-hydrogen) atoms. The largest absolute Gasteiger partial charge is 0.327 e. The number of imidazole rings is 1. The summed E-state index contributed by atoms with van der Waals surface area (Å²) in [5.41, 5.74) is 1.56. The van der Waals surface area contributed by atoms with Crippen LogP contribution in [0.2, 0.25) is 0 Å². The van der Waals surface area contributed by atoms with Gasteiger partial charge in [0.2, 0.25) is 0 Å². The molecule has 2 aromatic heterocycles. The summed E-state index contributed by atoms with van der Waals surface area (Å²) in [7, 11) is 0. The van der Waals surface area contributed by atoms with Crippen LogP contribution in [0.15, 0.2) is 17.1 Å². The van der Waals surface area contributed by atoms with Crippen LogP contribution >= 0.6 is 0 Å². The molecule has 0 aliphatic carbocycles. The van der Waals surface area contributed by atoms with Crippen LogP contribution in [-0.2, 0) is 0 Å². The molecule has 0 unspecified atom stereocenters. The first-order valence-electron chi connectivity index (χ1n) is 7.14. The zero-order chi connectivity index (χ0) is 14.3. The van der Waals surface area contributed by atoms with E-state index in [1.165, 1.54) is 0 Å². The van der Waals surface area contributed by atoms with Crippen LogP contribution in [0.3, 0.4) is 0 Å². The fourth-order valence-corrected chi connectivity index (χ4v) is 3.04. The highest BCUT2D eigenvalue weighted by Gasteiger charge is 2.29. The molecule has 1 N–H and O–H groups in total. The van der Waals surface area contributed by atoms with Gasteiger partial charge in [0.25, 0.3) is 0 Å². The first-order valence-corrected chi connectivity index (χ1v) is 7.14. The first kappa shape index (κ1) is 13.3. The lowest BCUT2D eigenvalue weighted by molar-refractivity contribution is 0.0900. The van der Waals surface area contributed by atoms with Crippen LogP contribution in [0.5, 0.6) is 0 Å². The lowest BCUT2D eigenvalue weighted by atomic mass is 9.98. The number of piperidine rings is 1. The molecule has 6 nitrogen and oxygen atoms in total. The molecule has 1 fully saturated rings. The van der Waals surface area contributed by atoms with E-state index < -0.39 is 0 Å². The molecule has 0 saturated carbocycles. The number of nitrogens with zero attached hydrogens (tertiary/aromatic N) is 4. The number of hydrogen-bond acceptors (Lipinski definition) is 4. The highest BCUT2D eigenvalue weighted by molar-refractivity contribution is 5.69. The van der Waals surface area contributed by atoms with E-state index in [0.29, 0.717) is 5.65 Å². The van der Waals surface area contributed by atoms with Crippen molar-refractivity contribution in [3.05, 3.63) is 22.7 Å². The first-order chi connectivity index (χ1) is 9.47. The summed E-state index contributed by atoms with van der Waals surface area (Å²) in [5.74, 6) is 0. The third kappa shape index (κ3) is 2.24. The summed E-state index contributed by atoms with van der Waals surface area (Å²) in [6, 6.07) is 2.11. The van der Waals surface area contributed by atoms with Crippen molar-refractivity contribution in [2.75, 3.05) is 13.1 Å². The van der Waals surface area contributed by atoms with Crippen molar-refractivity contribution >= 4 is 11.2 Å². The molecule has 108 valence electrons. The van der Waals surface area contributed by atoms with Gasteiger partial charge in [-0.3, -0.25) is 14.5 Å². The molecule has 1 aliphatic rings. The van der Waals surface area contributed by atoms with E-state index in [2.05, 4.69) is 40.9 Å². The number of aromatic amines is 1. The number of nitrogens with one attached hydrogen (secondary N) is 1. The normalized spacial score (nSPS) is 18.8. The van der Waals surface area contributed by atoms with Gasteiger partial charge in [0.15, 0.2) is 5.65 Å². The number of rotatable bonds is 1. The van der Waals surface area contributed by atoms with Crippen molar-refractivity contribution in [2.24, 2.45) is 0 Å². The lowest BCUT2D eigenvalue weighted by Crippen LogP contribution is -2.47. The molecule has 0 bridgehead atoms. The van der Waals surface area contributed by atoms with Crippen LogP contribution in [0.1, 0.15) is 39.7 Å². The maximum atomic E-state index is 12.1. The number of aromatic nitrogens is 4. The molecule has 3 heterocycles. The Morgan fingerprint density at radius 2 is 2.00 bits per heavy atom. The second kappa shape index (κ2) is 4.70. The second-order valence-corrected chi connectivity index (χ2v) is 6.45. The number of likely N-dealkylation sites (tertiary alicyclic amines) is 1. The van der Waals surface area contributed by atoms with E-state index >= 15 is 0 Å². The summed E-state index contributed by atoms with van der Waals surface area (Å²) < 4.78 is 1.85. The Morgan fingerprint density at radius 1 is 1.30 bits per heavy atom. The molecule has 0 aromatic carbocycles. The number of fused-ring (bicyclic) bond motifs is 1. The quantitative estimate of drug-likeness (QED) is 0.857. The van der Waals surface area contributed by atoms with Crippen LogP contribution in [-0.4, -0.2) is 43.3 Å². The van der Waals surface area contributed by atoms with Gasteiger partial charge in [0, 0.05) is 24.7 Å². The average molecular weight is 275 g/mol. The molecule has 6 heteroatoms. The van der Waals surface area contributed by atoms with Gasteiger partial charge < -0.3 is 0 Å². The summed E-state index contributed by atoms with van der Waals surface area (Å²) in [6.45, 7) is 8.75. The van der Waals surface area contributed by atoms with Gasteiger partial charge in [-0.1, -0.05) is 0 Å². The summed E-state index contributed by atoms with van der Waals surface area (Å²) in [5, 5.41) is 7.79. The fourth-order valence-electron chi connectivity index (χ4n) is 3.04. The van der Waals surface area contributed by atoms with Crippen LogP contribution < -0.4 is 5.69 Å². The van der Waals surface area contributed by atoms with Crippen molar-refractivity contribution in [3.63, 3.8) is 0 Å². The van der Waals surface area contributed by atoms with Crippen LogP contribution in [0, 0.1) is 0 Å². The van der Waals surface area contributed by atoms with Gasteiger partial charge in [0.05, 0.1) is 11.7 Å². The van der Waals surface area contributed by atoms with Gasteiger partial charge in [-0.15, -0.1) is 5.10 Å². The van der Waals surface area contributed by atoms with E-state index in [0.717, 1.165) is 31.4 Å². The molecular formula is C14H21N5O. The number of H-pyrrole nitrogens is 1. The van der Waals surface area contributed by atoms with E-state index in [1.807, 2.05) is 10.6 Å². The average Bonchev–Trinajstić information content (AvgIpc) is 2.73. The molecular weight excluding hydrogens is 254 g/mol. The third-order valence-corrected chi connectivity index (χ3v) is 4.18. The SMILES string of the molecule is CC(C)(C)N1CCC(n2c(=O)[nH]c3nnccc32)CC1. The fraction of sp³-hybridized carbons (Fsp3) is 0.643. The lowest BCUT2D eigenvalue weighted by Gasteiger charge is -2.41. The van der Waals surface area contributed by atoms with Gasteiger partial charge in [-0.05, 0) is 39.7 Å². The maximum absolute atomic E-state index is 12.1. The predicted molar refractivity (Wildman–Crippen MR) is 77.7 cm³/mol. The molecule has 0 spiro atoms. The molecule has 2 aromatic rings. The van der Waals surface area contributed by atoms with Gasteiger partial charge >= 0.3 is 5.69 Å². The van der Waals surface area contributed by atoms with Crippen molar-refractivity contribution < 1.29 is 0 Å². The molecule has 1 saturated heterocycles. The minimum atomic E-state index is -0.0743. The van der Waals surface area contributed by atoms with Gasteiger partial charge in [-0.2, -0.15) is 5.10 Å². The van der Waals surface area contributed by atoms with E-state index in [1.54, 1.807) is 6.20 Å². The molecule has 1 aliphatic heterocycles. The second-order valence-electron chi connectivity index (χ2n) is 6.45. The smallest absolute Gasteiger partial charge is 0.298 e. The molecule has 0 amide bonds. The Balaban J connectivity index is 1.87. The zero-order valence-electron chi connectivity index (χ0n) is 12.3. The van der Waals surface area contributed by atoms with E-state index in [9.17, 15) is 4.79 Å². The predicted octanol–water partition coefficient (Wildman–Crippen LogP) is 1.55. The Bertz CT molecular complexity index is 658. The molecule has 0 radical (unpaired) electrons. The monoisotopic (exact) mass is 275 g/mol. The zero-order valence-corrected chi connectivity index (χ0v) is 12.3. The van der Waals surface area contributed by atoms with Crippen molar-refractivity contribution in [3.8, 4) is 0 Å². The Hall–Kier alpha value is -1.69. The molecule has 0 atom stereocenters. The Labute approximate surface area is 117 Å². The minimum absolute atomic E-state index is 0.0743. The van der Waals surface area contributed by atoms with Crippen molar-refractivity contribution in [1.29, 1.82) is 0 Å². The van der Waals surface area contributed by atoms with Crippen molar-refractivity contribution in [1.82, 2.24) is 24.6 Å². The van der Waals surface area contributed by atoms with Gasteiger partial charge in [0.1, 0.15) is 0 Å². The molecule has 3 rings (SSSR count). The summed E-state index contributed by atoms with van der Waals surface area (Å²) in [4.78, 5) is 17.4. The summed E-state index contributed by atoms with van der Waals surface area (Å²) in [6.07, 6.45) is 3.62. The highest BCUT2D eigenvalue weighted by Crippen LogP contribution is 2.27. The third-order valence-electron chi connectivity index (χ3n) is 4.18. The standard InChI is InChI=1S/C14H21N5O/c1-14(2,3)18-8-5-10(6-9-18)19-11-4-7-15-17-12(11)16-13(19)20/h4,7,10H,5-6,8-9H2,1-3H3,(H,16,17,20). The van der Waals surface area contributed by atoms with Crippen molar-refractivity contribution in [2.45, 2.75) is 45.2 Å². The number of hydrogen-bond donors (Lipinski definition) is 1.